The van der Waals surface area contributed by atoms with E-state index in [1.54, 1.807) is 18.7 Å². The lowest BCUT2D eigenvalue weighted by molar-refractivity contribution is -0.137. The molecule has 1 aromatic carbocycles. The number of halogens is 3. The molecule has 132 valence electrons. The number of carbonyl (C=O) groups is 1. The van der Waals surface area contributed by atoms with E-state index in [1.165, 1.54) is 34.8 Å². The van der Waals surface area contributed by atoms with E-state index >= 15 is 0 Å². The number of hydrogen-bond acceptors (Lipinski definition) is 5. The number of fused-ring (bicyclic) bond motifs is 1. The van der Waals surface area contributed by atoms with Gasteiger partial charge in [0.1, 0.15) is 0 Å². The topological polar surface area (TPSA) is 26.3 Å². The molecule has 2 heterocycles. The number of benzene rings is 1. The maximum atomic E-state index is 12.8. The van der Waals surface area contributed by atoms with Gasteiger partial charge >= 0.3 is 12.1 Å². The van der Waals surface area contributed by atoms with Crippen molar-refractivity contribution >= 4 is 49.8 Å². The lowest BCUT2D eigenvalue weighted by atomic mass is 10.1. The van der Waals surface area contributed by atoms with E-state index in [1.807, 2.05) is 11.6 Å². The first-order chi connectivity index (χ1) is 11.9. The maximum absolute atomic E-state index is 12.8. The summed E-state index contributed by atoms with van der Waals surface area (Å²) in [5.41, 5.74) is 0.306. The Morgan fingerprint density at radius 3 is 2.44 bits per heavy atom. The van der Waals surface area contributed by atoms with Crippen LogP contribution in [0.25, 0.3) is 19.8 Å². The van der Waals surface area contributed by atoms with Crippen molar-refractivity contribution in [3.8, 4) is 10.4 Å². The molecule has 0 aliphatic heterocycles. The van der Waals surface area contributed by atoms with Gasteiger partial charge in [-0.05, 0) is 30.9 Å². The van der Waals surface area contributed by atoms with E-state index in [4.69, 9.17) is 4.74 Å². The van der Waals surface area contributed by atoms with Crippen LogP contribution in [-0.4, -0.2) is 18.8 Å². The smallest absolute Gasteiger partial charge is 0.416 e. The predicted molar refractivity (Wildman–Crippen MR) is 97.9 cm³/mol. The molecule has 0 fully saturated rings. The first kappa shape index (κ1) is 18.3. The zero-order valence-corrected chi connectivity index (χ0v) is 15.7. The van der Waals surface area contributed by atoms with Gasteiger partial charge in [-0.1, -0.05) is 12.1 Å². The molecular formula is C17H13F3O2S3. The van der Waals surface area contributed by atoms with E-state index in [-0.39, 0.29) is 6.61 Å². The number of hydrogen-bond donors (Lipinski definition) is 0. The van der Waals surface area contributed by atoms with Crippen LogP contribution in [0.5, 0.6) is 0 Å². The molecule has 0 radical (unpaired) electrons. The third kappa shape index (κ3) is 3.43. The zero-order chi connectivity index (χ0) is 18.2. The summed E-state index contributed by atoms with van der Waals surface area (Å²) >= 11 is 4.43. The average molecular weight is 402 g/mol. The summed E-state index contributed by atoms with van der Waals surface area (Å²) in [4.78, 5) is 14.1. The lowest BCUT2D eigenvalue weighted by Crippen LogP contribution is -2.05. The minimum atomic E-state index is -4.38. The molecule has 3 aromatic rings. The van der Waals surface area contributed by atoms with Crippen LogP contribution in [0, 0.1) is 0 Å². The average Bonchev–Trinajstić information content (AvgIpc) is 3.12. The predicted octanol–water partition coefficient (Wildman–Crippen LogP) is 6.55. The molecule has 0 saturated heterocycles. The van der Waals surface area contributed by atoms with Crippen molar-refractivity contribution in [2.75, 3.05) is 12.9 Å². The Bertz CT molecular complexity index is 908. The number of rotatable bonds is 4. The summed E-state index contributed by atoms with van der Waals surface area (Å²) in [6.45, 7) is 1.96. The van der Waals surface area contributed by atoms with E-state index in [9.17, 15) is 18.0 Å². The normalized spacial score (nSPS) is 11.9. The molecule has 0 atom stereocenters. The fraction of sp³-hybridized carbons (Fsp3) is 0.235. The SMILES string of the molecule is CCOC(=O)c1c(-c2ccc(C(F)(F)F)cc2)sc2c(SC)csc12. The summed E-state index contributed by atoms with van der Waals surface area (Å²) in [5.74, 6) is -0.446. The standard InChI is InChI=1S/C17H13F3O2S3/c1-3-22-16(21)12-13(25-14-11(23-2)8-24-15(12)14)9-4-6-10(7-5-9)17(18,19)20/h4-8H,3H2,1-2H3. The molecule has 0 N–H and O–H groups in total. The van der Waals surface area contributed by atoms with Crippen molar-refractivity contribution in [3.63, 3.8) is 0 Å². The zero-order valence-electron chi connectivity index (χ0n) is 13.3. The molecular weight excluding hydrogens is 389 g/mol. The van der Waals surface area contributed by atoms with E-state index in [0.29, 0.717) is 16.0 Å². The number of thioether (sulfide) groups is 1. The number of alkyl halides is 3. The van der Waals surface area contributed by atoms with Crippen LogP contribution in [0.3, 0.4) is 0 Å². The van der Waals surface area contributed by atoms with Crippen molar-refractivity contribution in [1.82, 2.24) is 0 Å². The fourth-order valence-corrected chi connectivity index (χ4v) is 6.03. The number of thiophene rings is 2. The van der Waals surface area contributed by atoms with Gasteiger partial charge < -0.3 is 4.74 Å². The maximum Gasteiger partial charge on any atom is 0.416 e. The van der Waals surface area contributed by atoms with Crippen LogP contribution in [0.1, 0.15) is 22.8 Å². The van der Waals surface area contributed by atoms with Crippen LogP contribution in [0.2, 0.25) is 0 Å². The Labute approximate surface area is 154 Å². The van der Waals surface area contributed by atoms with Gasteiger partial charge in [-0.3, -0.25) is 0 Å². The Hall–Kier alpha value is -1.51. The van der Waals surface area contributed by atoms with Crippen molar-refractivity contribution in [2.45, 2.75) is 18.0 Å². The second kappa shape index (κ2) is 7.01. The third-order valence-corrected chi connectivity index (χ3v) is 6.99. The van der Waals surface area contributed by atoms with Gasteiger partial charge in [-0.2, -0.15) is 13.2 Å². The molecule has 0 bridgehead atoms. The molecule has 8 heteroatoms. The minimum absolute atomic E-state index is 0.239. The van der Waals surface area contributed by atoms with Crippen LogP contribution in [0.4, 0.5) is 13.2 Å². The van der Waals surface area contributed by atoms with E-state index < -0.39 is 17.7 Å². The molecule has 2 aromatic heterocycles. The van der Waals surface area contributed by atoms with Crippen molar-refractivity contribution in [3.05, 3.63) is 40.8 Å². The second-order valence-corrected chi connectivity index (χ2v) is 7.81. The molecule has 2 nitrogen and oxygen atoms in total. The van der Waals surface area contributed by atoms with Crippen LogP contribution >= 0.6 is 34.4 Å². The largest absolute Gasteiger partial charge is 0.462 e. The van der Waals surface area contributed by atoms with Crippen molar-refractivity contribution in [1.29, 1.82) is 0 Å². The van der Waals surface area contributed by atoms with E-state index in [0.717, 1.165) is 26.4 Å². The molecule has 0 aliphatic rings. The van der Waals surface area contributed by atoms with E-state index in [2.05, 4.69) is 0 Å². The van der Waals surface area contributed by atoms with Gasteiger partial charge in [0.15, 0.2) is 0 Å². The fourth-order valence-electron chi connectivity index (χ4n) is 2.40. The Balaban J connectivity index is 2.16. The van der Waals surface area contributed by atoms with Crippen LogP contribution in [0.15, 0.2) is 34.5 Å². The van der Waals surface area contributed by atoms with Gasteiger partial charge in [0.05, 0.1) is 32.0 Å². The van der Waals surface area contributed by atoms with Gasteiger partial charge in [0, 0.05) is 10.3 Å². The highest BCUT2D eigenvalue weighted by Gasteiger charge is 2.30. The second-order valence-electron chi connectivity index (χ2n) is 5.06. The minimum Gasteiger partial charge on any atom is -0.462 e. The van der Waals surface area contributed by atoms with Crippen LogP contribution in [-0.2, 0) is 10.9 Å². The summed E-state index contributed by atoms with van der Waals surface area (Å²) < 4.78 is 45.3. The molecule has 0 spiro atoms. The first-order valence-corrected chi connectivity index (χ1v) is 10.2. The summed E-state index contributed by atoms with van der Waals surface area (Å²) in [6.07, 6.45) is -2.44. The molecule has 25 heavy (non-hydrogen) atoms. The summed E-state index contributed by atoms with van der Waals surface area (Å²) in [6, 6.07) is 4.88. The van der Waals surface area contributed by atoms with Gasteiger partial charge in [-0.25, -0.2) is 4.79 Å². The Morgan fingerprint density at radius 1 is 1.20 bits per heavy atom. The number of ether oxygens (including phenoxy) is 1. The highest BCUT2D eigenvalue weighted by Crippen LogP contribution is 2.46. The Kier molecular flexibility index (Phi) is 5.13. The monoisotopic (exact) mass is 402 g/mol. The first-order valence-electron chi connectivity index (χ1n) is 7.29. The van der Waals surface area contributed by atoms with Crippen LogP contribution < -0.4 is 0 Å². The summed E-state index contributed by atoms with van der Waals surface area (Å²) in [7, 11) is 0. The molecule has 0 unspecified atom stereocenters. The molecule has 0 saturated carbocycles. The van der Waals surface area contributed by atoms with Gasteiger partial charge in [0.25, 0.3) is 0 Å². The van der Waals surface area contributed by atoms with Gasteiger partial charge in [0.2, 0.25) is 0 Å². The van der Waals surface area contributed by atoms with Crippen molar-refractivity contribution < 1.29 is 22.7 Å². The number of esters is 1. The third-order valence-electron chi connectivity index (χ3n) is 3.55. The Morgan fingerprint density at radius 2 is 1.88 bits per heavy atom. The van der Waals surface area contributed by atoms with Gasteiger partial charge in [-0.15, -0.1) is 34.4 Å². The highest BCUT2D eigenvalue weighted by molar-refractivity contribution is 7.99. The van der Waals surface area contributed by atoms with Crippen molar-refractivity contribution in [2.24, 2.45) is 0 Å². The highest BCUT2D eigenvalue weighted by atomic mass is 32.2. The molecule has 3 rings (SSSR count). The molecule has 0 aliphatic carbocycles. The quantitative estimate of drug-likeness (QED) is 0.366. The number of carbonyl (C=O) groups excluding carboxylic acids is 1. The lowest BCUT2D eigenvalue weighted by Gasteiger charge is -2.08. The molecule has 0 amide bonds. The summed E-state index contributed by atoms with van der Waals surface area (Å²) in [5, 5.41) is 1.98.